The molecule has 0 heterocycles. The summed E-state index contributed by atoms with van der Waals surface area (Å²) >= 11 is 0. The molecule has 0 unspecified atom stereocenters. The number of carboxylic acid groups (broad SMARTS) is 1. The quantitative estimate of drug-likeness (QED) is 0.549. The van der Waals surface area contributed by atoms with Crippen LogP contribution in [0.4, 0.5) is 0 Å². The molecular weight excluding hydrogens is 336 g/mol. The third-order valence-electron chi connectivity index (χ3n) is 4.19. The summed E-state index contributed by atoms with van der Waals surface area (Å²) in [4.78, 5) is 22.2. The monoisotopic (exact) mass is 356 g/mol. The minimum Gasteiger partial charge on any atom is -0.480 e. The summed E-state index contributed by atoms with van der Waals surface area (Å²) in [5.41, 5.74) is 4.67. The number of carboxylic acids is 1. The molecule has 6 nitrogen and oxygen atoms in total. The molecule has 0 saturated carbocycles. The van der Waals surface area contributed by atoms with Gasteiger partial charge in [0.15, 0.2) is 0 Å². The predicted molar refractivity (Wildman–Crippen MR) is 94.0 cm³/mol. The first-order chi connectivity index (χ1) is 12.7. The normalized spacial score (nSPS) is 12.5. The summed E-state index contributed by atoms with van der Waals surface area (Å²) in [6.45, 7) is -0.0626. The van der Waals surface area contributed by atoms with Crippen molar-refractivity contribution in [3.8, 4) is 11.1 Å². The van der Waals surface area contributed by atoms with Gasteiger partial charge in [-0.25, -0.2) is 9.59 Å². The number of ether oxygens (including phenoxy) is 3. The molecule has 26 heavy (non-hydrogen) atoms. The van der Waals surface area contributed by atoms with E-state index in [-0.39, 0.29) is 39.0 Å². The van der Waals surface area contributed by atoms with E-state index in [0.29, 0.717) is 0 Å². The van der Waals surface area contributed by atoms with Crippen molar-refractivity contribution in [2.75, 3.05) is 33.0 Å². The molecular formula is C20H20O6. The van der Waals surface area contributed by atoms with Crippen LogP contribution in [0.3, 0.4) is 0 Å². The van der Waals surface area contributed by atoms with Crippen LogP contribution in [0, 0.1) is 0 Å². The summed E-state index contributed by atoms with van der Waals surface area (Å²) in [6, 6.07) is 16.3. The van der Waals surface area contributed by atoms with Crippen molar-refractivity contribution < 1.29 is 28.9 Å². The first-order valence-corrected chi connectivity index (χ1v) is 8.38. The van der Waals surface area contributed by atoms with E-state index in [1.54, 1.807) is 0 Å². The minimum atomic E-state index is -1.04. The average Bonchev–Trinajstić information content (AvgIpc) is 2.96. The van der Waals surface area contributed by atoms with Gasteiger partial charge in [-0.15, -0.1) is 0 Å². The molecule has 1 N–H and O–H groups in total. The topological polar surface area (TPSA) is 82.1 Å². The van der Waals surface area contributed by atoms with Gasteiger partial charge in [-0.3, -0.25) is 0 Å². The molecule has 0 saturated heterocycles. The zero-order valence-electron chi connectivity index (χ0n) is 14.2. The van der Waals surface area contributed by atoms with E-state index in [2.05, 4.69) is 24.3 Å². The average molecular weight is 356 g/mol. The highest BCUT2D eigenvalue weighted by Crippen LogP contribution is 2.44. The van der Waals surface area contributed by atoms with Crippen LogP contribution in [-0.2, 0) is 23.8 Å². The number of aliphatic carboxylic acids is 1. The van der Waals surface area contributed by atoms with Crippen molar-refractivity contribution in [1.82, 2.24) is 0 Å². The number of esters is 1. The van der Waals surface area contributed by atoms with Crippen LogP contribution < -0.4 is 0 Å². The summed E-state index contributed by atoms with van der Waals surface area (Å²) < 4.78 is 15.3. The second-order valence-electron chi connectivity index (χ2n) is 5.91. The molecule has 6 heteroatoms. The lowest BCUT2D eigenvalue weighted by molar-refractivity contribution is -0.151. The van der Waals surface area contributed by atoms with Gasteiger partial charge < -0.3 is 19.3 Å². The number of hydrogen-bond acceptors (Lipinski definition) is 5. The fourth-order valence-corrected chi connectivity index (χ4v) is 3.09. The largest absolute Gasteiger partial charge is 0.480 e. The Bertz CT molecular complexity index is 740. The molecule has 0 amide bonds. The van der Waals surface area contributed by atoms with Crippen molar-refractivity contribution in [2.45, 2.75) is 5.92 Å². The van der Waals surface area contributed by atoms with Crippen LogP contribution in [0.5, 0.6) is 0 Å². The number of rotatable bonds is 9. The van der Waals surface area contributed by atoms with Gasteiger partial charge in [0.25, 0.3) is 0 Å². The van der Waals surface area contributed by atoms with Gasteiger partial charge >= 0.3 is 11.9 Å². The van der Waals surface area contributed by atoms with Crippen molar-refractivity contribution in [3.63, 3.8) is 0 Å². The molecule has 0 radical (unpaired) electrons. The van der Waals surface area contributed by atoms with Crippen molar-refractivity contribution in [3.05, 3.63) is 59.7 Å². The number of carbonyl (C=O) groups is 2. The Morgan fingerprint density at radius 2 is 1.38 bits per heavy atom. The number of hydrogen-bond donors (Lipinski definition) is 1. The summed E-state index contributed by atoms with van der Waals surface area (Å²) in [5, 5.41) is 8.43. The zero-order chi connectivity index (χ0) is 18.4. The fraction of sp³-hybridized carbons (Fsp3) is 0.300. The third kappa shape index (κ3) is 4.28. The van der Waals surface area contributed by atoms with Crippen molar-refractivity contribution in [1.29, 1.82) is 0 Å². The lowest BCUT2D eigenvalue weighted by Crippen LogP contribution is -2.19. The molecule has 0 aliphatic heterocycles. The molecule has 0 fully saturated rings. The molecule has 1 aliphatic carbocycles. The Balaban J connectivity index is 1.49. The molecule has 2 aromatic carbocycles. The first kappa shape index (κ1) is 18.1. The second kappa shape index (κ2) is 8.60. The van der Waals surface area contributed by atoms with E-state index in [1.807, 2.05) is 24.3 Å². The van der Waals surface area contributed by atoms with E-state index in [1.165, 1.54) is 11.1 Å². The van der Waals surface area contributed by atoms with Crippen molar-refractivity contribution >= 4 is 11.9 Å². The molecule has 0 spiro atoms. The van der Waals surface area contributed by atoms with Gasteiger partial charge in [0.05, 0.1) is 13.2 Å². The van der Waals surface area contributed by atoms with Crippen LogP contribution >= 0.6 is 0 Å². The van der Waals surface area contributed by atoms with Crippen molar-refractivity contribution in [2.24, 2.45) is 0 Å². The maximum atomic E-state index is 11.9. The highest BCUT2D eigenvalue weighted by molar-refractivity contribution is 5.79. The number of benzene rings is 2. The van der Waals surface area contributed by atoms with E-state index in [4.69, 9.17) is 19.3 Å². The Kier molecular flexibility index (Phi) is 5.99. The van der Waals surface area contributed by atoms with Gasteiger partial charge in [0, 0.05) is 5.92 Å². The Morgan fingerprint density at radius 3 is 1.96 bits per heavy atom. The first-order valence-electron chi connectivity index (χ1n) is 8.38. The Hall–Kier alpha value is -2.70. The molecule has 136 valence electrons. The van der Waals surface area contributed by atoms with E-state index >= 15 is 0 Å². The van der Waals surface area contributed by atoms with Gasteiger partial charge in [0.2, 0.25) is 0 Å². The number of fused-ring (bicyclic) bond motifs is 3. The highest BCUT2D eigenvalue weighted by atomic mass is 16.6. The summed E-state index contributed by atoms with van der Waals surface area (Å²) in [5.74, 6) is -1.48. The van der Waals surface area contributed by atoms with E-state index in [9.17, 15) is 9.59 Å². The highest BCUT2D eigenvalue weighted by Gasteiger charge is 2.28. The van der Waals surface area contributed by atoms with Gasteiger partial charge in [-0.2, -0.15) is 0 Å². The molecule has 3 rings (SSSR count). The van der Waals surface area contributed by atoms with Crippen LogP contribution in [0.1, 0.15) is 17.0 Å². The van der Waals surface area contributed by atoms with Gasteiger partial charge in [-0.1, -0.05) is 48.5 Å². The molecule has 1 aliphatic rings. The van der Waals surface area contributed by atoms with Crippen LogP contribution in [-0.4, -0.2) is 50.1 Å². The zero-order valence-corrected chi connectivity index (χ0v) is 14.2. The summed E-state index contributed by atoms with van der Waals surface area (Å²) in [6.07, 6.45) is 0. The Labute approximate surface area is 151 Å². The summed E-state index contributed by atoms with van der Waals surface area (Å²) in [7, 11) is 0. The SMILES string of the molecule is O=C(O)COCCOCC(=O)OCC1c2ccccc2-c2ccccc21. The molecule has 0 bridgehead atoms. The fourth-order valence-electron chi connectivity index (χ4n) is 3.09. The van der Waals surface area contributed by atoms with Gasteiger partial charge in [-0.05, 0) is 22.3 Å². The van der Waals surface area contributed by atoms with Crippen LogP contribution in [0.25, 0.3) is 11.1 Å². The van der Waals surface area contributed by atoms with Crippen LogP contribution in [0.15, 0.2) is 48.5 Å². The van der Waals surface area contributed by atoms with E-state index < -0.39 is 11.9 Å². The second-order valence-corrected chi connectivity index (χ2v) is 5.91. The van der Waals surface area contributed by atoms with Gasteiger partial charge in [0.1, 0.15) is 19.8 Å². The standard InChI is InChI=1S/C20H20O6/c21-19(22)12-24-9-10-25-13-20(23)26-11-18-16-7-3-1-5-14(16)15-6-2-4-8-17(15)18/h1-8,18H,9-13H2,(H,21,22). The predicted octanol–water partition coefficient (Wildman–Crippen LogP) is 2.46. The maximum absolute atomic E-state index is 11.9. The third-order valence-corrected chi connectivity index (χ3v) is 4.19. The molecule has 0 atom stereocenters. The smallest absolute Gasteiger partial charge is 0.332 e. The molecule has 0 aromatic heterocycles. The molecule has 2 aromatic rings. The number of carbonyl (C=O) groups excluding carboxylic acids is 1. The maximum Gasteiger partial charge on any atom is 0.332 e. The lowest BCUT2D eigenvalue weighted by atomic mass is 9.98. The lowest BCUT2D eigenvalue weighted by Gasteiger charge is -2.14. The minimum absolute atomic E-state index is 0.0187. The van der Waals surface area contributed by atoms with E-state index in [0.717, 1.165) is 11.1 Å². The van der Waals surface area contributed by atoms with Crippen LogP contribution in [0.2, 0.25) is 0 Å². The Morgan fingerprint density at radius 1 is 0.846 bits per heavy atom.